The fourth-order valence-corrected chi connectivity index (χ4v) is 3.10. The van der Waals surface area contributed by atoms with Gasteiger partial charge in [-0.05, 0) is 31.4 Å². The summed E-state index contributed by atoms with van der Waals surface area (Å²) in [6, 6.07) is 7.75. The first-order valence-electron chi connectivity index (χ1n) is 8.22. The number of carboxylic acids is 1. The third-order valence-corrected chi connectivity index (χ3v) is 4.53. The third kappa shape index (κ3) is 3.88. The lowest BCUT2D eigenvalue weighted by Gasteiger charge is -2.36. The highest BCUT2D eigenvalue weighted by Gasteiger charge is 2.36. The van der Waals surface area contributed by atoms with E-state index in [9.17, 15) is 14.7 Å². The van der Waals surface area contributed by atoms with E-state index in [1.165, 1.54) is 6.20 Å². The number of amides is 1. The smallest absolute Gasteiger partial charge is 0.305 e. The van der Waals surface area contributed by atoms with E-state index in [1.54, 1.807) is 10.9 Å². The standard InChI is InChI=1S/C18H21N3O4/c1-13-4-2-3-5-15(13)21-12-14(11-19-21)17(24)20-18(10-16(22)23)6-8-25-9-7-18/h2-5,11-12H,6-10H2,1H3,(H,20,24)(H,22,23). The van der Waals surface area contributed by atoms with Gasteiger partial charge >= 0.3 is 5.97 Å². The number of carbonyl (C=O) groups excluding carboxylic acids is 1. The highest BCUT2D eigenvalue weighted by molar-refractivity contribution is 5.94. The molecule has 0 saturated carbocycles. The van der Waals surface area contributed by atoms with Gasteiger partial charge in [0.1, 0.15) is 0 Å². The molecule has 7 nitrogen and oxygen atoms in total. The maximum absolute atomic E-state index is 12.6. The Balaban J connectivity index is 1.79. The number of para-hydroxylation sites is 1. The van der Waals surface area contributed by atoms with Crippen LogP contribution in [0.25, 0.3) is 5.69 Å². The van der Waals surface area contributed by atoms with E-state index in [1.807, 2.05) is 31.2 Å². The number of aliphatic carboxylic acids is 1. The molecule has 1 amide bonds. The number of benzene rings is 1. The Morgan fingerprint density at radius 3 is 2.72 bits per heavy atom. The number of aryl methyl sites for hydroxylation is 1. The number of hydrogen-bond acceptors (Lipinski definition) is 4. The summed E-state index contributed by atoms with van der Waals surface area (Å²) < 4.78 is 6.96. The van der Waals surface area contributed by atoms with E-state index >= 15 is 0 Å². The Morgan fingerprint density at radius 2 is 2.04 bits per heavy atom. The summed E-state index contributed by atoms with van der Waals surface area (Å²) in [6.07, 6.45) is 4.00. The van der Waals surface area contributed by atoms with Gasteiger partial charge in [-0.15, -0.1) is 0 Å². The second kappa shape index (κ2) is 7.06. The zero-order chi connectivity index (χ0) is 17.9. The number of carbonyl (C=O) groups is 2. The van der Waals surface area contributed by atoms with Crippen LogP contribution < -0.4 is 5.32 Å². The average Bonchev–Trinajstić information content (AvgIpc) is 3.05. The fraction of sp³-hybridized carbons (Fsp3) is 0.389. The van der Waals surface area contributed by atoms with Gasteiger partial charge in [0.2, 0.25) is 0 Å². The molecule has 2 aromatic rings. The van der Waals surface area contributed by atoms with Crippen molar-refractivity contribution in [1.29, 1.82) is 0 Å². The van der Waals surface area contributed by atoms with Crippen LogP contribution in [0.15, 0.2) is 36.7 Å². The van der Waals surface area contributed by atoms with Crippen molar-refractivity contribution in [3.63, 3.8) is 0 Å². The first-order chi connectivity index (χ1) is 12.0. The minimum Gasteiger partial charge on any atom is -0.481 e. The largest absolute Gasteiger partial charge is 0.481 e. The number of hydrogen-bond donors (Lipinski definition) is 2. The lowest BCUT2D eigenvalue weighted by molar-refractivity contribution is -0.139. The molecule has 1 aliphatic rings. The van der Waals surface area contributed by atoms with Gasteiger partial charge in [0.25, 0.3) is 5.91 Å². The predicted molar refractivity (Wildman–Crippen MR) is 90.8 cm³/mol. The molecule has 1 aromatic heterocycles. The van der Waals surface area contributed by atoms with Crippen molar-refractivity contribution in [2.75, 3.05) is 13.2 Å². The molecule has 1 aromatic carbocycles. The predicted octanol–water partition coefficient (Wildman–Crippen LogP) is 1.93. The molecule has 0 aliphatic carbocycles. The van der Waals surface area contributed by atoms with Crippen LogP contribution >= 0.6 is 0 Å². The minimum atomic E-state index is -0.933. The maximum atomic E-state index is 12.6. The van der Waals surface area contributed by atoms with Crippen LogP contribution in [0.1, 0.15) is 35.2 Å². The van der Waals surface area contributed by atoms with Crippen molar-refractivity contribution in [1.82, 2.24) is 15.1 Å². The van der Waals surface area contributed by atoms with Gasteiger partial charge in [-0.2, -0.15) is 5.10 Å². The van der Waals surface area contributed by atoms with Crippen molar-refractivity contribution < 1.29 is 19.4 Å². The Kier molecular flexibility index (Phi) is 4.85. The number of nitrogens with one attached hydrogen (secondary N) is 1. The van der Waals surface area contributed by atoms with Gasteiger partial charge in [0.15, 0.2) is 0 Å². The van der Waals surface area contributed by atoms with E-state index in [-0.39, 0.29) is 12.3 Å². The number of aromatic nitrogens is 2. The Labute approximate surface area is 145 Å². The maximum Gasteiger partial charge on any atom is 0.305 e. The monoisotopic (exact) mass is 343 g/mol. The molecule has 2 N–H and O–H groups in total. The van der Waals surface area contributed by atoms with Crippen LogP contribution in [-0.4, -0.2) is 45.5 Å². The summed E-state index contributed by atoms with van der Waals surface area (Å²) in [4.78, 5) is 23.8. The summed E-state index contributed by atoms with van der Waals surface area (Å²) >= 11 is 0. The van der Waals surface area contributed by atoms with E-state index in [0.717, 1.165) is 11.3 Å². The van der Waals surface area contributed by atoms with E-state index in [4.69, 9.17) is 4.74 Å². The third-order valence-electron chi connectivity index (χ3n) is 4.53. The summed E-state index contributed by atoms with van der Waals surface area (Å²) in [5, 5.41) is 16.4. The number of rotatable bonds is 5. The van der Waals surface area contributed by atoms with Crippen LogP contribution in [0, 0.1) is 6.92 Å². The van der Waals surface area contributed by atoms with Crippen LogP contribution in [0.2, 0.25) is 0 Å². The Hall–Kier alpha value is -2.67. The molecule has 0 spiro atoms. The zero-order valence-corrected chi connectivity index (χ0v) is 14.1. The summed E-state index contributed by atoms with van der Waals surface area (Å²) in [5.74, 6) is -1.25. The normalized spacial score (nSPS) is 16.4. The molecule has 2 heterocycles. The van der Waals surface area contributed by atoms with Crippen molar-refractivity contribution in [3.8, 4) is 5.69 Å². The molecule has 1 saturated heterocycles. The molecular weight excluding hydrogens is 322 g/mol. The second-order valence-corrected chi connectivity index (χ2v) is 6.38. The second-order valence-electron chi connectivity index (χ2n) is 6.38. The molecular formula is C18H21N3O4. The molecule has 1 aliphatic heterocycles. The van der Waals surface area contributed by atoms with Gasteiger partial charge in [-0.1, -0.05) is 18.2 Å². The zero-order valence-electron chi connectivity index (χ0n) is 14.1. The summed E-state index contributed by atoms with van der Waals surface area (Å²) in [5.41, 5.74) is 1.57. The minimum absolute atomic E-state index is 0.117. The van der Waals surface area contributed by atoms with E-state index < -0.39 is 11.5 Å². The van der Waals surface area contributed by atoms with E-state index in [2.05, 4.69) is 10.4 Å². The van der Waals surface area contributed by atoms with Crippen LogP contribution in [0.4, 0.5) is 0 Å². The first kappa shape index (κ1) is 17.2. The molecule has 0 atom stereocenters. The molecule has 25 heavy (non-hydrogen) atoms. The van der Waals surface area contributed by atoms with Gasteiger partial charge in [-0.3, -0.25) is 9.59 Å². The lowest BCUT2D eigenvalue weighted by Crippen LogP contribution is -2.53. The van der Waals surface area contributed by atoms with Crippen molar-refractivity contribution in [2.45, 2.75) is 31.7 Å². The van der Waals surface area contributed by atoms with Crippen LogP contribution in [-0.2, 0) is 9.53 Å². The van der Waals surface area contributed by atoms with E-state index in [0.29, 0.717) is 31.6 Å². The van der Waals surface area contributed by atoms with Crippen molar-refractivity contribution in [2.24, 2.45) is 0 Å². The number of nitrogens with zero attached hydrogens (tertiary/aromatic N) is 2. The first-order valence-corrected chi connectivity index (χ1v) is 8.22. The lowest BCUT2D eigenvalue weighted by atomic mass is 9.86. The average molecular weight is 343 g/mol. The molecule has 1 fully saturated rings. The molecule has 0 radical (unpaired) electrons. The molecule has 7 heteroatoms. The molecule has 3 rings (SSSR count). The highest BCUT2D eigenvalue weighted by atomic mass is 16.5. The Bertz CT molecular complexity index is 778. The summed E-state index contributed by atoms with van der Waals surface area (Å²) in [7, 11) is 0. The molecule has 0 bridgehead atoms. The van der Waals surface area contributed by atoms with Gasteiger partial charge in [0.05, 0.1) is 29.4 Å². The van der Waals surface area contributed by atoms with Crippen LogP contribution in [0.5, 0.6) is 0 Å². The van der Waals surface area contributed by atoms with Crippen molar-refractivity contribution in [3.05, 3.63) is 47.8 Å². The topological polar surface area (TPSA) is 93.5 Å². The summed E-state index contributed by atoms with van der Waals surface area (Å²) in [6.45, 7) is 2.85. The molecule has 132 valence electrons. The van der Waals surface area contributed by atoms with Gasteiger partial charge < -0.3 is 15.2 Å². The fourth-order valence-electron chi connectivity index (χ4n) is 3.10. The van der Waals surface area contributed by atoms with Gasteiger partial charge in [-0.25, -0.2) is 4.68 Å². The molecule has 0 unspecified atom stereocenters. The van der Waals surface area contributed by atoms with Crippen molar-refractivity contribution >= 4 is 11.9 Å². The van der Waals surface area contributed by atoms with Crippen LogP contribution in [0.3, 0.4) is 0 Å². The number of ether oxygens (including phenoxy) is 1. The number of carboxylic acid groups (broad SMARTS) is 1. The van der Waals surface area contributed by atoms with Gasteiger partial charge in [0, 0.05) is 19.4 Å². The SMILES string of the molecule is Cc1ccccc1-n1cc(C(=O)NC2(CC(=O)O)CCOCC2)cn1. The quantitative estimate of drug-likeness (QED) is 0.865. The highest BCUT2D eigenvalue weighted by Crippen LogP contribution is 2.25. The Morgan fingerprint density at radius 1 is 1.32 bits per heavy atom.